The zero-order valence-corrected chi connectivity index (χ0v) is 12.0. The second-order valence-corrected chi connectivity index (χ2v) is 4.66. The molecule has 2 aromatic rings. The number of nitrogens with zero attached hydrogens (tertiary/aromatic N) is 2. The molecule has 1 amide bonds. The van der Waals surface area contributed by atoms with Crippen molar-refractivity contribution in [3.8, 4) is 6.07 Å². The number of aromatic nitrogens is 1. The Kier molecular flexibility index (Phi) is 4.99. The van der Waals surface area contributed by atoms with Gasteiger partial charge in [0.15, 0.2) is 0 Å². The Labute approximate surface area is 127 Å². The van der Waals surface area contributed by atoms with Crippen molar-refractivity contribution in [3.05, 3.63) is 71.3 Å². The van der Waals surface area contributed by atoms with E-state index >= 15 is 0 Å². The molecule has 0 aliphatic rings. The molecule has 0 saturated heterocycles. The highest BCUT2D eigenvalue weighted by Gasteiger charge is 2.14. The van der Waals surface area contributed by atoms with Crippen molar-refractivity contribution in [1.29, 1.82) is 5.26 Å². The first-order chi connectivity index (χ1) is 10.6. The molecule has 0 radical (unpaired) electrons. The number of benzene rings is 1. The van der Waals surface area contributed by atoms with Gasteiger partial charge in [0, 0.05) is 11.8 Å². The minimum atomic E-state index is -0.723. The molecule has 1 aromatic heterocycles. The van der Waals surface area contributed by atoms with Crippen LogP contribution in [0.5, 0.6) is 0 Å². The molecule has 0 saturated carbocycles. The van der Waals surface area contributed by atoms with E-state index in [1.807, 2.05) is 37.3 Å². The van der Waals surface area contributed by atoms with Gasteiger partial charge < -0.3 is 5.32 Å². The third-order valence-corrected chi connectivity index (χ3v) is 3.10. The average Bonchev–Trinajstić information content (AvgIpc) is 2.54. The molecule has 22 heavy (non-hydrogen) atoms. The van der Waals surface area contributed by atoms with Crippen molar-refractivity contribution in [1.82, 2.24) is 10.3 Å². The van der Waals surface area contributed by atoms with Crippen molar-refractivity contribution in [2.45, 2.75) is 13.0 Å². The lowest BCUT2D eigenvalue weighted by molar-refractivity contribution is -0.117. The molecule has 1 atom stereocenters. The Balaban J connectivity index is 2.17. The van der Waals surface area contributed by atoms with E-state index in [-0.39, 0.29) is 17.2 Å². The SMILES string of the molecule is CC(NC(=O)C(C#N)=Cc1cccnc1F)c1ccccc1. The molecule has 1 N–H and O–H groups in total. The van der Waals surface area contributed by atoms with E-state index in [9.17, 15) is 9.18 Å². The second kappa shape index (κ2) is 7.14. The predicted octanol–water partition coefficient (Wildman–Crippen LogP) is 3.01. The van der Waals surface area contributed by atoms with Gasteiger partial charge in [-0.25, -0.2) is 4.98 Å². The minimum Gasteiger partial charge on any atom is -0.345 e. The summed E-state index contributed by atoms with van der Waals surface area (Å²) in [6, 6.07) is 13.9. The fraction of sp³-hybridized carbons (Fsp3) is 0.118. The van der Waals surface area contributed by atoms with Gasteiger partial charge in [0.05, 0.1) is 6.04 Å². The van der Waals surface area contributed by atoms with E-state index in [2.05, 4.69) is 10.3 Å². The third-order valence-electron chi connectivity index (χ3n) is 3.10. The predicted molar refractivity (Wildman–Crippen MR) is 80.8 cm³/mol. The molecule has 0 spiro atoms. The van der Waals surface area contributed by atoms with Crippen LogP contribution >= 0.6 is 0 Å². The maximum absolute atomic E-state index is 13.5. The summed E-state index contributed by atoms with van der Waals surface area (Å²) in [7, 11) is 0. The van der Waals surface area contributed by atoms with E-state index < -0.39 is 11.9 Å². The van der Waals surface area contributed by atoms with Gasteiger partial charge in [-0.2, -0.15) is 9.65 Å². The summed E-state index contributed by atoms with van der Waals surface area (Å²) < 4.78 is 13.5. The molecule has 0 fully saturated rings. The molecule has 0 aliphatic carbocycles. The van der Waals surface area contributed by atoms with Crippen LogP contribution in [-0.4, -0.2) is 10.9 Å². The highest BCUT2D eigenvalue weighted by atomic mass is 19.1. The number of hydrogen-bond donors (Lipinski definition) is 1. The van der Waals surface area contributed by atoms with Gasteiger partial charge in [0.2, 0.25) is 5.95 Å². The van der Waals surface area contributed by atoms with E-state index in [0.29, 0.717) is 0 Å². The maximum Gasteiger partial charge on any atom is 0.262 e. The number of halogens is 1. The van der Waals surface area contributed by atoms with E-state index in [4.69, 9.17) is 5.26 Å². The first kappa shape index (κ1) is 15.4. The number of nitrogens with one attached hydrogen (secondary N) is 1. The van der Waals surface area contributed by atoms with Crippen LogP contribution in [0.4, 0.5) is 4.39 Å². The van der Waals surface area contributed by atoms with Crippen molar-refractivity contribution >= 4 is 12.0 Å². The summed E-state index contributed by atoms with van der Waals surface area (Å²) in [5.74, 6) is -1.28. The fourth-order valence-electron chi connectivity index (χ4n) is 1.91. The van der Waals surface area contributed by atoms with Crippen LogP contribution in [0, 0.1) is 17.3 Å². The number of hydrogen-bond acceptors (Lipinski definition) is 3. The van der Waals surface area contributed by atoms with Crippen LogP contribution in [0.25, 0.3) is 6.08 Å². The Morgan fingerprint density at radius 3 is 2.68 bits per heavy atom. The van der Waals surface area contributed by atoms with E-state index in [0.717, 1.165) is 5.56 Å². The zero-order chi connectivity index (χ0) is 15.9. The highest BCUT2D eigenvalue weighted by molar-refractivity contribution is 6.01. The number of nitriles is 1. The first-order valence-electron chi connectivity index (χ1n) is 6.70. The molecule has 1 aromatic carbocycles. The van der Waals surface area contributed by atoms with Crippen molar-refractivity contribution < 1.29 is 9.18 Å². The quantitative estimate of drug-likeness (QED) is 0.535. The third kappa shape index (κ3) is 3.76. The summed E-state index contributed by atoms with van der Waals surface area (Å²) in [4.78, 5) is 15.6. The van der Waals surface area contributed by atoms with E-state index in [1.165, 1.54) is 24.4 Å². The molecular weight excluding hydrogens is 281 g/mol. The summed E-state index contributed by atoms with van der Waals surface area (Å²) in [5, 5.41) is 11.8. The smallest absolute Gasteiger partial charge is 0.262 e. The van der Waals surface area contributed by atoms with Gasteiger partial charge in [-0.15, -0.1) is 0 Å². The zero-order valence-electron chi connectivity index (χ0n) is 12.0. The number of carbonyl (C=O) groups is 1. The van der Waals surface area contributed by atoms with Crippen LogP contribution < -0.4 is 5.32 Å². The van der Waals surface area contributed by atoms with Gasteiger partial charge in [-0.05, 0) is 30.7 Å². The summed E-state index contributed by atoms with van der Waals surface area (Å²) in [5.41, 5.74) is 0.844. The molecule has 1 heterocycles. The molecule has 1 unspecified atom stereocenters. The van der Waals surface area contributed by atoms with Crippen molar-refractivity contribution in [2.24, 2.45) is 0 Å². The Morgan fingerprint density at radius 1 is 1.32 bits per heavy atom. The molecule has 110 valence electrons. The first-order valence-corrected chi connectivity index (χ1v) is 6.70. The number of carbonyl (C=O) groups excluding carboxylic acids is 1. The van der Waals surface area contributed by atoms with E-state index in [1.54, 1.807) is 6.07 Å². The molecule has 0 bridgehead atoms. The Bertz CT molecular complexity index is 735. The van der Waals surface area contributed by atoms with Crippen LogP contribution in [0.1, 0.15) is 24.1 Å². The molecule has 2 rings (SSSR count). The lowest BCUT2D eigenvalue weighted by Crippen LogP contribution is -2.27. The van der Waals surface area contributed by atoms with Crippen molar-refractivity contribution in [3.63, 3.8) is 0 Å². The topological polar surface area (TPSA) is 65.8 Å². The van der Waals surface area contributed by atoms with Crippen LogP contribution in [0.15, 0.2) is 54.2 Å². The molecule has 0 aliphatic heterocycles. The molecular formula is C17H14FN3O. The number of rotatable bonds is 4. The van der Waals surface area contributed by atoms with Crippen LogP contribution in [0.2, 0.25) is 0 Å². The van der Waals surface area contributed by atoms with Crippen molar-refractivity contribution in [2.75, 3.05) is 0 Å². The Morgan fingerprint density at radius 2 is 2.05 bits per heavy atom. The lowest BCUT2D eigenvalue weighted by Gasteiger charge is -2.13. The second-order valence-electron chi connectivity index (χ2n) is 4.66. The largest absolute Gasteiger partial charge is 0.345 e. The van der Waals surface area contributed by atoms with Crippen LogP contribution in [0.3, 0.4) is 0 Å². The monoisotopic (exact) mass is 295 g/mol. The number of amides is 1. The van der Waals surface area contributed by atoms with Gasteiger partial charge in [0.25, 0.3) is 5.91 Å². The summed E-state index contributed by atoms with van der Waals surface area (Å²) in [6.45, 7) is 1.81. The molecule has 5 heteroatoms. The average molecular weight is 295 g/mol. The molecule has 4 nitrogen and oxygen atoms in total. The number of pyridine rings is 1. The Hall–Kier alpha value is -3.00. The maximum atomic E-state index is 13.5. The van der Waals surface area contributed by atoms with Crippen LogP contribution in [-0.2, 0) is 4.79 Å². The lowest BCUT2D eigenvalue weighted by atomic mass is 10.1. The normalized spacial score (nSPS) is 12.3. The van der Waals surface area contributed by atoms with Gasteiger partial charge >= 0.3 is 0 Å². The minimum absolute atomic E-state index is 0.0987. The standard InChI is InChI=1S/C17H14FN3O/c1-12(13-6-3-2-4-7-13)21-17(22)15(11-19)10-14-8-5-9-20-16(14)18/h2-10,12H,1H3,(H,21,22). The summed E-state index contributed by atoms with van der Waals surface area (Å²) >= 11 is 0. The highest BCUT2D eigenvalue weighted by Crippen LogP contribution is 2.14. The summed E-state index contributed by atoms with van der Waals surface area (Å²) in [6.07, 6.45) is 2.49. The van der Waals surface area contributed by atoms with Gasteiger partial charge in [0.1, 0.15) is 11.6 Å². The fourth-order valence-corrected chi connectivity index (χ4v) is 1.91. The van der Waals surface area contributed by atoms with Gasteiger partial charge in [-0.1, -0.05) is 30.3 Å². The van der Waals surface area contributed by atoms with Gasteiger partial charge in [-0.3, -0.25) is 4.79 Å².